The lowest BCUT2D eigenvalue weighted by Gasteiger charge is -2.17. The minimum atomic E-state index is -0.310. The number of thioether (sulfide) groups is 1. The minimum absolute atomic E-state index is 0.169. The molecule has 3 aromatic rings. The Bertz CT molecular complexity index is 1400. The maximum atomic E-state index is 13.2. The van der Waals surface area contributed by atoms with E-state index in [1.165, 1.54) is 18.9 Å². The van der Waals surface area contributed by atoms with Crippen molar-refractivity contribution in [1.82, 2.24) is 0 Å². The smallest absolute Gasteiger partial charge is 0.270 e. The number of carbonyl (C=O) groups is 2. The number of amides is 2. The van der Waals surface area contributed by atoms with E-state index in [4.69, 9.17) is 26.4 Å². The molecule has 38 heavy (non-hydrogen) atoms. The van der Waals surface area contributed by atoms with Gasteiger partial charge < -0.3 is 19.5 Å². The van der Waals surface area contributed by atoms with E-state index in [2.05, 4.69) is 5.32 Å². The molecule has 9 heteroatoms. The van der Waals surface area contributed by atoms with Gasteiger partial charge in [0.15, 0.2) is 22.4 Å². The van der Waals surface area contributed by atoms with Crippen LogP contribution in [0, 0.1) is 13.8 Å². The van der Waals surface area contributed by atoms with Crippen molar-refractivity contribution < 1.29 is 23.8 Å². The molecule has 2 amide bonds. The number of nitrogens with zero attached hydrogens (tertiary/aromatic N) is 1. The second-order valence-electron chi connectivity index (χ2n) is 8.51. The summed E-state index contributed by atoms with van der Waals surface area (Å²) in [5.41, 5.74) is 4.27. The van der Waals surface area contributed by atoms with Gasteiger partial charge in [-0.15, -0.1) is 0 Å². The fraction of sp³-hybridized carbons (Fsp3) is 0.207. The maximum absolute atomic E-state index is 13.2. The molecule has 1 fully saturated rings. The summed E-state index contributed by atoms with van der Waals surface area (Å²) in [7, 11) is 1.52. The number of thiocarbonyl (C=S) groups is 1. The molecule has 0 aliphatic carbocycles. The van der Waals surface area contributed by atoms with Gasteiger partial charge >= 0.3 is 0 Å². The number of ether oxygens (including phenoxy) is 3. The largest absolute Gasteiger partial charge is 0.494 e. The predicted molar refractivity (Wildman–Crippen MR) is 156 cm³/mol. The number of aryl methyl sites for hydroxylation is 2. The van der Waals surface area contributed by atoms with E-state index < -0.39 is 0 Å². The standard InChI is InChI=1S/C29H28N2O5S2/c1-5-35-22-10-8-21(9-11-22)30-27(32)17-36-24-13-7-20(15-25(24)34-4)16-26-28(33)31(29(37)38-26)23-12-6-18(2)14-19(23)3/h6-16H,5,17H2,1-4H3,(H,30,32)/b26-16-. The number of anilines is 2. The summed E-state index contributed by atoms with van der Waals surface area (Å²) in [6.07, 6.45) is 1.77. The molecule has 0 saturated carbocycles. The van der Waals surface area contributed by atoms with Crippen LogP contribution >= 0.6 is 24.0 Å². The first-order valence-electron chi connectivity index (χ1n) is 12.0. The third-order valence-electron chi connectivity index (χ3n) is 5.68. The number of nitrogens with one attached hydrogen (secondary N) is 1. The van der Waals surface area contributed by atoms with Crippen molar-refractivity contribution in [1.29, 1.82) is 0 Å². The molecule has 196 valence electrons. The average Bonchev–Trinajstić information content (AvgIpc) is 3.16. The van der Waals surface area contributed by atoms with Crippen molar-refractivity contribution in [2.75, 3.05) is 30.5 Å². The van der Waals surface area contributed by atoms with Gasteiger partial charge in [-0.3, -0.25) is 14.5 Å². The highest BCUT2D eigenvalue weighted by molar-refractivity contribution is 8.27. The molecule has 0 unspecified atom stereocenters. The quantitative estimate of drug-likeness (QED) is 0.254. The van der Waals surface area contributed by atoms with E-state index in [0.717, 1.165) is 28.1 Å². The lowest BCUT2D eigenvalue weighted by Crippen LogP contribution is -2.28. The van der Waals surface area contributed by atoms with Gasteiger partial charge in [0, 0.05) is 5.69 Å². The number of hydrogen-bond acceptors (Lipinski definition) is 7. The van der Waals surface area contributed by atoms with Crippen molar-refractivity contribution in [3.05, 3.63) is 82.3 Å². The van der Waals surface area contributed by atoms with Crippen molar-refractivity contribution in [3.8, 4) is 17.2 Å². The molecule has 0 aromatic heterocycles. The molecule has 1 aliphatic heterocycles. The monoisotopic (exact) mass is 548 g/mol. The van der Waals surface area contributed by atoms with Gasteiger partial charge in [-0.05, 0) is 80.4 Å². The fourth-order valence-electron chi connectivity index (χ4n) is 3.92. The molecular formula is C29H28N2O5S2. The van der Waals surface area contributed by atoms with Crippen molar-refractivity contribution in [2.24, 2.45) is 0 Å². The molecule has 0 radical (unpaired) electrons. The number of hydrogen-bond donors (Lipinski definition) is 1. The number of benzene rings is 3. The second kappa shape index (κ2) is 12.1. The van der Waals surface area contributed by atoms with E-state index >= 15 is 0 Å². The Hall–Kier alpha value is -3.82. The first kappa shape index (κ1) is 27.2. The first-order valence-corrected chi connectivity index (χ1v) is 13.2. The van der Waals surface area contributed by atoms with Crippen LogP contribution in [0.3, 0.4) is 0 Å². The number of rotatable bonds is 9. The summed E-state index contributed by atoms with van der Waals surface area (Å²) in [6, 6.07) is 18.3. The van der Waals surface area contributed by atoms with Crippen LogP contribution in [0.5, 0.6) is 17.2 Å². The highest BCUT2D eigenvalue weighted by atomic mass is 32.2. The first-order chi connectivity index (χ1) is 18.3. The summed E-state index contributed by atoms with van der Waals surface area (Å²) in [5, 5.41) is 2.79. The highest BCUT2D eigenvalue weighted by Gasteiger charge is 2.34. The Labute approximate surface area is 231 Å². The minimum Gasteiger partial charge on any atom is -0.494 e. The summed E-state index contributed by atoms with van der Waals surface area (Å²) < 4.78 is 17.1. The molecule has 1 N–H and O–H groups in total. The second-order valence-corrected chi connectivity index (χ2v) is 10.2. The normalized spacial score (nSPS) is 14.1. The van der Waals surface area contributed by atoms with Crippen LogP contribution in [0.4, 0.5) is 11.4 Å². The topological polar surface area (TPSA) is 77.1 Å². The van der Waals surface area contributed by atoms with Gasteiger partial charge in [-0.1, -0.05) is 47.7 Å². The van der Waals surface area contributed by atoms with Crippen LogP contribution in [-0.4, -0.2) is 36.5 Å². The molecule has 0 bridgehead atoms. The molecule has 4 rings (SSSR count). The average molecular weight is 549 g/mol. The zero-order chi connectivity index (χ0) is 27.2. The lowest BCUT2D eigenvalue weighted by atomic mass is 10.1. The van der Waals surface area contributed by atoms with Crippen molar-refractivity contribution in [2.45, 2.75) is 20.8 Å². The Morgan fingerprint density at radius 3 is 2.47 bits per heavy atom. The highest BCUT2D eigenvalue weighted by Crippen LogP contribution is 2.38. The Morgan fingerprint density at radius 2 is 1.79 bits per heavy atom. The summed E-state index contributed by atoms with van der Waals surface area (Å²) in [4.78, 5) is 27.7. The van der Waals surface area contributed by atoms with E-state index in [1.807, 2.05) is 39.0 Å². The Morgan fingerprint density at radius 1 is 1.03 bits per heavy atom. The van der Waals surface area contributed by atoms with E-state index in [9.17, 15) is 9.59 Å². The van der Waals surface area contributed by atoms with Crippen LogP contribution in [0.25, 0.3) is 6.08 Å². The molecule has 0 atom stereocenters. The molecule has 7 nitrogen and oxygen atoms in total. The number of methoxy groups -OCH3 is 1. The van der Waals surface area contributed by atoms with Crippen LogP contribution < -0.4 is 24.4 Å². The fourth-order valence-corrected chi connectivity index (χ4v) is 5.20. The maximum Gasteiger partial charge on any atom is 0.270 e. The third-order valence-corrected chi connectivity index (χ3v) is 6.98. The van der Waals surface area contributed by atoms with Gasteiger partial charge in [0.05, 0.1) is 24.3 Å². The summed E-state index contributed by atoms with van der Waals surface area (Å²) >= 11 is 6.77. The molecule has 1 aliphatic rings. The Kier molecular flexibility index (Phi) is 8.70. The molecule has 3 aromatic carbocycles. The van der Waals surface area contributed by atoms with Crippen LogP contribution in [-0.2, 0) is 9.59 Å². The molecular weight excluding hydrogens is 520 g/mol. The molecule has 1 saturated heterocycles. The van der Waals surface area contributed by atoms with Gasteiger partial charge in [-0.2, -0.15) is 0 Å². The van der Waals surface area contributed by atoms with Crippen molar-refractivity contribution >= 4 is 57.6 Å². The van der Waals surface area contributed by atoms with Gasteiger partial charge in [0.1, 0.15) is 5.75 Å². The van der Waals surface area contributed by atoms with E-state index in [0.29, 0.717) is 33.0 Å². The van der Waals surface area contributed by atoms with E-state index in [-0.39, 0.29) is 18.4 Å². The van der Waals surface area contributed by atoms with Gasteiger partial charge in [-0.25, -0.2) is 0 Å². The van der Waals surface area contributed by atoms with Crippen LogP contribution in [0.2, 0.25) is 0 Å². The summed E-state index contributed by atoms with van der Waals surface area (Å²) in [5.74, 6) is 1.11. The van der Waals surface area contributed by atoms with Gasteiger partial charge in [0.2, 0.25) is 0 Å². The van der Waals surface area contributed by atoms with E-state index in [1.54, 1.807) is 53.4 Å². The van der Waals surface area contributed by atoms with Gasteiger partial charge in [0.25, 0.3) is 11.8 Å². The van der Waals surface area contributed by atoms with Crippen LogP contribution in [0.15, 0.2) is 65.6 Å². The molecule has 1 heterocycles. The Balaban J connectivity index is 1.42. The summed E-state index contributed by atoms with van der Waals surface area (Å²) in [6.45, 7) is 6.26. The third kappa shape index (κ3) is 6.35. The zero-order valence-corrected chi connectivity index (χ0v) is 23.2. The SMILES string of the molecule is CCOc1ccc(NC(=O)COc2ccc(/C=C3\SC(=S)N(c4ccc(C)cc4C)C3=O)cc2OC)cc1. The predicted octanol–water partition coefficient (Wildman–Crippen LogP) is 6.13. The lowest BCUT2D eigenvalue weighted by molar-refractivity contribution is -0.118. The zero-order valence-electron chi connectivity index (χ0n) is 21.6. The van der Waals surface area contributed by atoms with Crippen molar-refractivity contribution in [3.63, 3.8) is 0 Å². The molecule has 0 spiro atoms. The number of carbonyl (C=O) groups excluding carboxylic acids is 2. The van der Waals surface area contributed by atoms with Crippen LogP contribution in [0.1, 0.15) is 23.6 Å².